The molecular formula is C10H8N4OS. The van der Waals surface area contributed by atoms with E-state index in [1.165, 1.54) is 17.7 Å². The van der Waals surface area contributed by atoms with E-state index in [4.69, 9.17) is 10.3 Å². The van der Waals surface area contributed by atoms with Crippen LogP contribution in [0, 0.1) is 0 Å². The van der Waals surface area contributed by atoms with Crippen LogP contribution >= 0.6 is 11.3 Å². The number of hydrogen-bond donors (Lipinski definition) is 2. The molecule has 1 aromatic carbocycles. The molecule has 2 aromatic heterocycles. The van der Waals surface area contributed by atoms with E-state index in [1.807, 2.05) is 23.6 Å². The van der Waals surface area contributed by atoms with Crippen molar-refractivity contribution in [3.05, 3.63) is 30.0 Å². The molecule has 2 heterocycles. The summed E-state index contributed by atoms with van der Waals surface area (Å²) in [4.78, 5) is 8.37. The predicted molar refractivity (Wildman–Crippen MR) is 62.9 cm³/mol. The third-order valence-corrected chi connectivity index (χ3v) is 3.03. The minimum atomic E-state index is 0.688. The topological polar surface area (TPSA) is 77.0 Å². The van der Waals surface area contributed by atoms with Gasteiger partial charge in [-0.1, -0.05) is 6.07 Å². The van der Waals surface area contributed by atoms with Crippen LogP contribution in [0.2, 0.25) is 0 Å². The highest BCUT2D eigenvalue weighted by atomic mass is 32.1. The highest BCUT2D eigenvalue weighted by molar-refractivity contribution is 7.14. The van der Waals surface area contributed by atoms with Crippen LogP contribution in [0.1, 0.15) is 0 Å². The van der Waals surface area contributed by atoms with E-state index >= 15 is 0 Å². The number of aromatic nitrogens is 2. The summed E-state index contributed by atoms with van der Waals surface area (Å²) in [5, 5.41) is 2.62. The van der Waals surface area contributed by atoms with Gasteiger partial charge in [0, 0.05) is 10.9 Å². The Morgan fingerprint density at radius 2 is 2.31 bits per heavy atom. The number of rotatable bonds is 2. The molecule has 0 saturated heterocycles. The van der Waals surface area contributed by atoms with Crippen LogP contribution in [-0.2, 0) is 0 Å². The number of oxazole rings is 1. The quantitative estimate of drug-likeness (QED) is 0.523. The van der Waals surface area contributed by atoms with Gasteiger partial charge in [-0.15, -0.1) is 11.3 Å². The average Bonchev–Trinajstić information content (AvgIpc) is 2.96. The first-order chi connectivity index (χ1) is 7.86. The van der Waals surface area contributed by atoms with E-state index in [9.17, 15) is 0 Å². The molecule has 3 rings (SSSR count). The molecule has 16 heavy (non-hydrogen) atoms. The van der Waals surface area contributed by atoms with Crippen LogP contribution in [0.4, 0.5) is 5.13 Å². The molecule has 5 nitrogen and oxygen atoms in total. The summed E-state index contributed by atoms with van der Waals surface area (Å²) < 4.78 is 5.24. The standard InChI is InChI=1S/C10H8N4OS/c11-14-10-13-8(4-16-10)6-1-2-7-9(3-6)15-5-12-7/h1-5H,11H2,(H,13,14). The highest BCUT2D eigenvalue weighted by Crippen LogP contribution is 2.26. The van der Waals surface area contributed by atoms with Gasteiger partial charge in [0.15, 0.2) is 17.1 Å². The lowest BCUT2D eigenvalue weighted by molar-refractivity contribution is 0.602. The normalized spacial score (nSPS) is 10.8. The number of anilines is 1. The largest absolute Gasteiger partial charge is 0.443 e. The lowest BCUT2D eigenvalue weighted by atomic mass is 10.1. The van der Waals surface area contributed by atoms with Gasteiger partial charge in [0.25, 0.3) is 0 Å². The van der Waals surface area contributed by atoms with E-state index in [0.29, 0.717) is 5.13 Å². The Bertz CT molecular complexity index is 630. The van der Waals surface area contributed by atoms with Crippen molar-refractivity contribution < 1.29 is 4.42 Å². The fourth-order valence-electron chi connectivity index (χ4n) is 1.49. The maximum atomic E-state index is 5.28. The van der Waals surface area contributed by atoms with Gasteiger partial charge >= 0.3 is 0 Å². The number of benzene rings is 1. The summed E-state index contributed by atoms with van der Waals surface area (Å²) in [6, 6.07) is 5.78. The third kappa shape index (κ3) is 1.44. The Morgan fingerprint density at radius 3 is 3.12 bits per heavy atom. The summed E-state index contributed by atoms with van der Waals surface area (Å²) >= 11 is 1.46. The maximum absolute atomic E-state index is 5.28. The van der Waals surface area contributed by atoms with Crippen molar-refractivity contribution in [2.45, 2.75) is 0 Å². The number of thiazole rings is 1. The fourth-order valence-corrected chi connectivity index (χ4v) is 2.12. The summed E-state index contributed by atoms with van der Waals surface area (Å²) in [6.07, 6.45) is 1.43. The first-order valence-corrected chi connectivity index (χ1v) is 5.50. The molecule has 80 valence electrons. The Morgan fingerprint density at radius 1 is 1.38 bits per heavy atom. The van der Waals surface area contributed by atoms with Crippen LogP contribution in [0.15, 0.2) is 34.4 Å². The van der Waals surface area contributed by atoms with Gasteiger partial charge in [-0.05, 0) is 12.1 Å². The van der Waals surface area contributed by atoms with Crippen molar-refractivity contribution in [1.29, 1.82) is 0 Å². The number of nitrogen functional groups attached to an aromatic ring is 1. The van der Waals surface area contributed by atoms with Gasteiger partial charge in [0.2, 0.25) is 0 Å². The smallest absolute Gasteiger partial charge is 0.197 e. The zero-order chi connectivity index (χ0) is 11.0. The minimum Gasteiger partial charge on any atom is -0.443 e. The van der Waals surface area contributed by atoms with E-state index in [-0.39, 0.29) is 0 Å². The van der Waals surface area contributed by atoms with Crippen molar-refractivity contribution in [2.75, 3.05) is 5.43 Å². The summed E-state index contributed by atoms with van der Waals surface area (Å²) in [5.41, 5.74) is 5.98. The molecule has 0 fully saturated rings. The van der Waals surface area contributed by atoms with Crippen LogP contribution in [0.3, 0.4) is 0 Å². The predicted octanol–water partition coefficient (Wildman–Crippen LogP) is 2.24. The van der Waals surface area contributed by atoms with E-state index in [1.54, 1.807) is 0 Å². The molecule has 0 bridgehead atoms. The highest BCUT2D eigenvalue weighted by Gasteiger charge is 2.06. The zero-order valence-electron chi connectivity index (χ0n) is 8.18. The molecule has 0 amide bonds. The molecule has 0 spiro atoms. The monoisotopic (exact) mass is 232 g/mol. The molecule has 0 unspecified atom stereocenters. The second kappa shape index (κ2) is 3.58. The molecule has 0 saturated carbocycles. The van der Waals surface area contributed by atoms with Crippen molar-refractivity contribution in [3.63, 3.8) is 0 Å². The van der Waals surface area contributed by atoms with Crippen molar-refractivity contribution in [2.24, 2.45) is 5.84 Å². The second-order valence-corrected chi connectivity index (χ2v) is 4.08. The third-order valence-electron chi connectivity index (χ3n) is 2.25. The Labute approximate surface area is 94.9 Å². The Balaban J connectivity index is 2.10. The van der Waals surface area contributed by atoms with Gasteiger partial charge in [-0.2, -0.15) is 0 Å². The van der Waals surface area contributed by atoms with E-state index in [0.717, 1.165) is 22.4 Å². The Kier molecular flexibility index (Phi) is 2.09. The van der Waals surface area contributed by atoms with E-state index < -0.39 is 0 Å². The number of hydrazine groups is 1. The number of nitrogens with one attached hydrogen (secondary N) is 1. The van der Waals surface area contributed by atoms with Gasteiger partial charge in [0.05, 0.1) is 5.69 Å². The molecule has 0 aliphatic rings. The second-order valence-electron chi connectivity index (χ2n) is 3.22. The molecule has 0 aliphatic carbocycles. The molecule has 0 atom stereocenters. The lowest BCUT2D eigenvalue weighted by Crippen LogP contribution is -2.05. The summed E-state index contributed by atoms with van der Waals surface area (Å²) in [7, 11) is 0. The number of fused-ring (bicyclic) bond motifs is 1. The Hall–Kier alpha value is -1.92. The zero-order valence-corrected chi connectivity index (χ0v) is 8.99. The average molecular weight is 232 g/mol. The SMILES string of the molecule is NNc1nc(-c2ccc3ncoc3c2)cs1. The maximum Gasteiger partial charge on any atom is 0.197 e. The number of nitrogens with zero attached hydrogens (tertiary/aromatic N) is 2. The minimum absolute atomic E-state index is 0.688. The summed E-state index contributed by atoms with van der Waals surface area (Å²) in [5.74, 6) is 5.28. The van der Waals surface area contributed by atoms with Gasteiger partial charge in [-0.3, -0.25) is 5.43 Å². The summed E-state index contributed by atoms with van der Waals surface area (Å²) in [6.45, 7) is 0. The van der Waals surface area contributed by atoms with Gasteiger partial charge in [-0.25, -0.2) is 15.8 Å². The molecule has 3 aromatic rings. The van der Waals surface area contributed by atoms with Crippen LogP contribution in [0.5, 0.6) is 0 Å². The number of nitrogens with two attached hydrogens (primary N) is 1. The molecule has 0 radical (unpaired) electrons. The van der Waals surface area contributed by atoms with Crippen molar-refractivity contribution in [3.8, 4) is 11.3 Å². The van der Waals surface area contributed by atoms with Crippen LogP contribution < -0.4 is 11.3 Å². The fraction of sp³-hybridized carbons (Fsp3) is 0. The van der Waals surface area contributed by atoms with Crippen molar-refractivity contribution in [1.82, 2.24) is 9.97 Å². The van der Waals surface area contributed by atoms with Crippen LogP contribution in [0.25, 0.3) is 22.4 Å². The first kappa shape index (κ1) is 9.32. The van der Waals surface area contributed by atoms with Crippen LogP contribution in [-0.4, -0.2) is 9.97 Å². The number of hydrogen-bond acceptors (Lipinski definition) is 6. The van der Waals surface area contributed by atoms with E-state index in [2.05, 4.69) is 15.4 Å². The molecule has 6 heteroatoms. The molecule has 3 N–H and O–H groups in total. The lowest BCUT2D eigenvalue weighted by Gasteiger charge is -1.95. The van der Waals surface area contributed by atoms with Crippen molar-refractivity contribution >= 4 is 27.6 Å². The van der Waals surface area contributed by atoms with Gasteiger partial charge in [0.1, 0.15) is 5.52 Å². The molecule has 0 aliphatic heterocycles. The first-order valence-electron chi connectivity index (χ1n) is 4.62. The van der Waals surface area contributed by atoms with Gasteiger partial charge < -0.3 is 4.42 Å². The molecular weight excluding hydrogens is 224 g/mol.